The van der Waals surface area contributed by atoms with E-state index in [0.29, 0.717) is 24.9 Å². The zero-order chi connectivity index (χ0) is 16.6. The Kier molecular flexibility index (Phi) is 7.45. The van der Waals surface area contributed by atoms with E-state index in [2.05, 4.69) is 22.5 Å². The quantitative estimate of drug-likeness (QED) is 0.410. The molecule has 0 radical (unpaired) electrons. The molecule has 0 aliphatic heterocycles. The van der Waals surface area contributed by atoms with Gasteiger partial charge in [0.1, 0.15) is 0 Å². The van der Waals surface area contributed by atoms with Crippen LogP contribution in [0.3, 0.4) is 0 Å². The maximum absolute atomic E-state index is 12.2. The van der Waals surface area contributed by atoms with Crippen LogP contribution in [0.25, 0.3) is 0 Å². The highest BCUT2D eigenvalue weighted by Gasteiger charge is 2.34. The molecule has 2 N–H and O–H groups in total. The second-order valence-corrected chi connectivity index (χ2v) is 6.27. The Bertz CT molecular complexity index is 346. The Morgan fingerprint density at radius 3 is 2.41 bits per heavy atom. The summed E-state index contributed by atoms with van der Waals surface area (Å²) in [7, 11) is 3.20. The summed E-state index contributed by atoms with van der Waals surface area (Å²) in [5.41, 5.74) is 0.407. The van der Waals surface area contributed by atoms with Crippen molar-refractivity contribution in [1.29, 1.82) is 0 Å². The van der Waals surface area contributed by atoms with Gasteiger partial charge in [0.25, 0.3) is 0 Å². The minimum Gasteiger partial charge on any atom is -0.356 e. The van der Waals surface area contributed by atoms with Gasteiger partial charge in [-0.15, -0.1) is 0 Å². The second-order valence-electron chi connectivity index (χ2n) is 6.27. The van der Waals surface area contributed by atoms with Crippen LogP contribution < -0.4 is 10.6 Å². The summed E-state index contributed by atoms with van der Waals surface area (Å²) >= 11 is 0. The molecule has 0 amide bonds. The first-order valence-electron chi connectivity index (χ1n) is 8.00. The van der Waals surface area contributed by atoms with E-state index in [9.17, 15) is 13.2 Å². The van der Waals surface area contributed by atoms with E-state index < -0.39 is 12.7 Å². The molecule has 22 heavy (non-hydrogen) atoms. The Morgan fingerprint density at radius 2 is 1.95 bits per heavy atom. The molecule has 0 aromatic heterocycles. The van der Waals surface area contributed by atoms with Crippen molar-refractivity contribution in [3.8, 4) is 0 Å². The molecule has 0 saturated heterocycles. The average molecular weight is 322 g/mol. The van der Waals surface area contributed by atoms with Crippen molar-refractivity contribution in [2.45, 2.75) is 45.2 Å². The predicted octanol–water partition coefficient (Wildman–Crippen LogP) is 2.62. The minimum atomic E-state index is -4.13. The van der Waals surface area contributed by atoms with Gasteiger partial charge in [0.05, 0.1) is 6.54 Å². The Morgan fingerprint density at radius 1 is 1.27 bits per heavy atom. The molecule has 1 aliphatic carbocycles. The van der Waals surface area contributed by atoms with Gasteiger partial charge in [-0.05, 0) is 44.7 Å². The summed E-state index contributed by atoms with van der Waals surface area (Å²) in [4.78, 5) is 5.45. The van der Waals surface area contributed by atoms with Crippen LogP contribution in [-0.4, -0.2) is 57.3 Å². The lowest BCUT2D eigenvalue weighted by Gasteiger charge is -2.41. The van der Waals surface area contributed by atoms with E-state index in [-0.39, 0.29) is 0 Å². The minimum absolute atomic E-state index is 0.405. The van der Waals surface area contributed by atoms with Gasteiger partial charge in [-0.3, -0.25) is 9.89 Å². The number of rotatable bonds is 8. The van der Waals surface area contributed by atoms with Crippen LogP contribution in [0.1, 0.15) is 39.0 Å². The van der Waals surface area contributed by atoms with Crippen LogP contribution in [-0.2, 0) is 0 Å². The summed E-state index contributed by atoms with van der Waals surface area (Å²) in [5, 5.41) is 6.50. The second kappa shape index (κ2) is 8.60. The van der Waals surface area contributed by atoms with Crippen molar-refractivity contribution in [3.63, 3.8) is 0 Å². The van der Waals surface area contributed by atoms with E-state index in [1.807, 2.05) is 0 Å². The van der Waals surface area contributed by atoms with E-state index in [0.717, 1.165) is 12.5 Å². The van der Waals surface area contributed by atoms with E-state index in [1.165, 1.54) is 37.6 Å². The first-order valence-corrected chi connectivity index (χ1v) is 8.00. The van der Waals surface area contributed by atoms with Crippen molar-refractivity contribution in [2.75, 3.05) is 40.3 Å². The molecule has 1 rings (SSSR count). The van der Waals surface area contributed by atoms with Crippen molar-refractivity contribution >= 4 is 5.96 Å². The number of alkyl halides is 3. The number of hydrogen-bond donors (Lipinski definition) is 2. The fourth-order valence-corrected chi connectivity index (χ4v) is 2.76. The summed E-state index contributed by atoms with van der Waals surface area (Å²) in [6, 6.07) is 0. The Labute approximate surface area is 131 Å². The van der Waals surface area contributed by atoms with E-state index >= 15 is 0 Å². The molecule has 0 aromatic carbocycles. The number of guanidine groups is 1. The monoisotopic (exact) mass is 322 g/mol. The zero-order valence-corrected chi connectivity index (χ0v) is 13.9. The summed E-state index contributed by atoms with van der Waals surface area (Å²) in [6.45, 7) is 3.28. The number of halogens is 3. The van der Waals surface area contributed by atoms with Gasteiger partial charge >= 0.3 is 6.18 Å². The zero-order valence-electron chi connectivity index (χ0n) is 13.9. The van der Waals surface area contributed by atoms with Crippen molar-refractivity contribution < 1.29 is 13.2 Å². The van der Waals surface area contributed by atoms with Gasteiger partial charge < -0.3 is 10.6 Å². The lowest BCUT2D eigenvalue weighted by Crippen LogP contribution is -2.46. The highest BCUT2D eigenvalue weighted by molar-refractivity contribution is 5.79. The molecule has 0 spiro atoms. The molecule has 0 aromatic rings. The molecule has 0 atom stereocenters. The van der Waals surface area contributed by atoms with E-state index in [1.54, 1.807) is 7.05 Å². The van der Waals surface area contributed by atoms with Crippen LogP contribution in [0.2, 0.25) is 0 Å². The summed E-state index contributed by atoms with van der Waals surface area (Å²) in [5.74, 6) is 0.734. The maximum atomic E-state index is 12.2. The van der Waals surface area contributed by atoms with Crippen LogP contribution in [0, 0.1) is 5.41 Å². The smallest absolute Gasteiger partial charge is 0.356 e. The van der Waals surface area contributed by atoms with Gasteiger partial charge in [0, 0.05) is 20.1 Å². The van der Waals surface area contributed by atoms with Crippen LogP contribution in [0.15, 0.2) is 4.99 Å². The van der Waals surface area contributed by atoms with Gasteiger partial charge in [0.15, 0.2) is 5.96 Å². The summed E-state index contributed by atoms with van der Waals surface area (Å²) < 4.78 is 36.6. The number of nitrogens with zero attached hydrogens (tertiary/aromatic N) is 2. The summed E-state index contributed by atoms with van der Waals surface area (Å²) in [6.07, 6.45) is 1.50. The average Bonchev–Trinajstić information content (AvgIpc) is 2.38. The molecule has 7 heteroatoms. The van der Waals surface area contributed by atoms with Crippen LogP contribution >= 0.6 is 0 Å². The third-order valence-electron chi connectivity index (χ3n) is 4.48. The van der Waals surface area contributed by atoms with Gasteiger partial charge in [-0.1, -0.05) is 13.3 Å². The lowest BCUT2D eigenvalue weighted by atomic mass is 9.67. The third kappa shape index (κ3) is 6.85. The molecular formula is C15H29F3N4. The standard InChI is InChI=1S/C15H29F3N4/c1-4-14(7-5-8-14)11-21-13(19-2)20-9-6-10-22(3)12-15(16,17)18/h4-12H2,1-3H3,(H2,19,20,21). The first-order chi connectivity index (χ1) is 10.3. The third-order valence-corrected chi connectivity index (χ3v) is 4.48. The Hall–Kier alpha value is -0.980. The van der Waals surface area contributed by atoms with Gasteiger partial charge in [0.2, 0.25) is 0 Å². The molecule has 1 aliphatic rings. The Balaban J connectivity index is 2.16. The van der Waals surface area contributed by atoms with Crippen molar-refractivity contribution in [2.24, 2.45) is 10.4 Å². The molecule has 4 nitrogen and oxygen atoms in total. The first kappa shape index (κ1) is 19.1. The maximum Gasteiger partial charge on any atom is 0.401 e. The largest absolute Gasteiger partial charge is 0.401 e. The highest BCUT2D eigenvalue weighted by atomic mass is 19.4. The fraction of sp³-hybridized carbons (Fsp3) is 0.933. The molecule has 130 valence electrons. The topological polar surface area (TPSA) is 39.7 Å². The lowest BCUT2D eigenvalue weighted by molar-refractivity contribution is -0.143. The molecule has 0 bridgehead atoms. The molecule has 1 fully saturated rings. The molecule has 1 saturated carbocycles. The number of aliphatic imine (C=N–C) groups is 1. The van der Waals surface area contributed by atoms with Crippen LogP contribution in [0.5, 0.6) is 0 Å². The van der Waals surface area contributed by atoms with Crippen LogP contribution in [0.4, 0.5) is 13.2 Å². The molecular weight excluding hydrogens is 293 g/mol. The van der Waals surface area contributed by atoms with E-state index in [4.69, 9.17) is 0 Å². The fourth-order valence-electron chi connectivity index (χ4n) is 2.76. The van der Waals surface area contributed by atoms with Gasteiger partial charge in [-0.2, -0.15) is 13.2 Å². The van der Waals surface area contributed by atoms with Crippen molar-refractivity contribution in [3.05, 3.63) is 0 Å². The predicted molar refractivity (Wildman–Crippen MR) is 84.1 cm³/mol. The molecule has 0 unspecified atom stereocenters. The molecule has 0 heterocycles. The SMILES string of the molecule is CCC1(CNC(=NC)NCCCN(C)CC(F)(F)F)CCC1. The number of hydrogen-bond acceptors (Lipinski definition) is 2. The van der Waals surface area contributed by atoms with Gasteiger partial charge in [-0.25, -0.2) is 0 Å². The normalized spacial score (nSPS) is 18.2. The van der Waals surface area contributed by atoms with Crippen molar-refractivity contribution in [1.82, 2.24) is 15.5 Å². The number of nitrogens with one attached hydrogen (secondary N) is 2. The highest BCUT2D eigenvalue weighted by Crippen LogP contribution is 2.42.